The number of rotatable bonds is 7. The molecule has 0 saturated heterocycles. The van der Waals surface area contributed by atoms with Gasteiger partial charge >= 0.3 is 0 Å². The van der Waals surface area contributed by atoms with Crippen LogP contribution in [0, 0.1) is 0 Å². The van der Waals surface area contributed by atoms with Gasteiger partial charge in [0.25, 0.3) is 0 Å². The molecule has 0 unspecified atom stereocenters. The summed E-state index contributed by atoms with van der Waals surface area (Å²) in [5.74, 6) is 1.48. The van der Waals surface area contributed by atoms with Crippen LogP contribution in [0.25, 0.3) is 0 Å². The van der Waals surface area contributed by atoms with E-state index in [-0.39, 0.29) is 12.4 Å². The van der Waals surface area contributed by atoms with Gasteiger partial charge in [-0.1, -0.05) is 17.7 Å². The summed E-state index contributed by atoms with van der Waals surface area (Å²) in [6.45, 7) is 4.56. The highest BCUT2D eigenvalue weighted by Gasteiger charge is 2.07. The minimum atomic E-state index is 0. The van der Waals surface area contributed by atoms with Gasteiger partial charge < -0.3 is 27.2 Å². The number of ether oxygens (including phenoxy) is 2. The normalized spacial score (nSPS) is 9.95. The first-order chi connectivity index (χ1) is 10.2. The maximum absolute atomic E-state index is 5.80. The van der Waals surface area contributed by atoms with E-state index < -0.39 is 0 Å². The fourth-order valence-corrected chi connectivity index (χ4v) is 2.03. The molecule has 0 bridgehead atoms. The Morgan fingerprint density at radius 1 is 1.14 bits per heavy atom. The van der Waals surface area contributed by atoms with Crippen molar-refractivity contribution in [1.82, 2.24) is 4.98 Å². The summed E-state index contributed by atoms with van der Waals surface area (Å²) < 4.78 is 11.2. The van der Waals surface area contributed by atoms with Crippen molar-refractivity contribution in [3.05, 3.63) is 52.8 Å². The van der Waals surface area contributed by atoms with Crippen molar-refractivity contribution < 1.29 is 27.2 Å². The van der Waals surface area contributed by atoms with E-state index in [0.717, 1.165) is 30.2 Å². The number of hydrogen-bond acceptors (Lipinski definition) is 3. The van der Waals surface area contributed by atoms with Crippen LogP contribution in [0.5, 0.6) is 11.5 Å². The van der Waals surface area contributed by atoms with Crippen LogP contribution >= 0.6 is 11.6 Å². The summed E-state index contributed by atoms with van der Waals surface area (Å²) in [4.78, 5) is 4.03. The summed E-state index contributed by atoms with van der Waals surface area (Å²) in [6.07, 6.45) is 1.71. The molecule has 22 heavy (non-hydrogen) atoms. The number of benzene rings is 1. The first-order valence-corrected chi connectivity index (χ1v) is 7.32. The van der Waals surface area contributed by atoms with Gasteiger partial charge in [-0.15, -0.1) is 0 Å². The quantitative estimate of drug-likeness (QED) is 0.684. The highest BCUT2D eigenvalue weighted by Crippen LogP contribution is 2.28. The topological polar surface area (TPSA) is 48.0 Å². The second-order valence-corrected chi connectivity index (χ2v) is 5.05. The van der Waals surface area contributed by atoms with E-state index in [1.807, 2.05) is 18.2 Å². The van der Waals surface area contributed by atoms with E-state index in [0.29, 0.717) is 11.8 Å². The first-order valence-electron chi connectivity index (χ1n) is 6.94. The van der Waals surface area contributed by atoms with Gasteiger partial charge in [-0.25, -0.2) is 4.98 Å². The molecular formula is C16H20Cl2N2O2. The molecule has 0 radical (unpaired) electrons. The second-order valence-electron chi connectivity index (χ2n) is 4.66. The minimum absolute atomic E-state index is 0. The molecular weight excluding hydrogens is 323 g/mol. The Morgan fingerprint density at radius 2 is 1.91 bits per heavy atom. The number of halogens is 2. The van der Waals surface area contributed by atoms with Crippen LogP contribution in [0.1, 0.15) is 18.1 Å². The average molecular weight is 343 g/mol. The Hall–Kier alpha value is -1.49. The molecule has 0 spiro atoms. The fraction of sp³-hybridized carbons (Fsp3) is 0.312. The monoisotopic (exact) mass is 342 g/mol. The average Bonchev–Trinajstić information content (AvgIpc) is 2.52. The number of aromatic nitrogens is 1. The number of nitrogens with two attached hydrogens (primary N) is 1. The molecule has 0 aliphatic carbocycles. The van der Waals surface area contributed by atoms with Crippen LogP contribution in [0.3, 0.4) is 0 Å². The van der Waals surface area contributed by atoms with E-state index in [1.54, 1.807) is 19.4 Å². The molecule has 1 aromatic carbocycles. The predicted octanol–water partition coefficient (Wildman–Crippen LogP) is -0.590. The molecule has 1 heterocycles. The molecule has 0 saturated carbocycles. The molecule has 4 nitrogen and oxygen atoms in total. The van der Waals surface area contributed by atoms with Crippen molar-refractivity contribution in [2.24, 2.45) is 0 Å². The largest absolute Gasteiger partial charge is 1.00 e. The number of quaternary nitrogens is 1. The molecule has 2 N–H and O–H groups in total. The molecule has 0 amide bonds. The lowest BCUT2D eigenvalue weighted by Crippen LogP contribution is -3.00. The van der Waals surface area contributed by atoms with Gasteiger partial charge in [0.2, 0.25) is 0 Å². The highest BCUT2D eigenvalue weighted by atomic mass is 35.5. The van der Waals surface area contributed by atoms with Crippen LogP contribution < -0.4 is 27.2 Å². The van der Waals surface area contributed by atoms with Crippen LogP contribution in [0.15, 0.2) is 36.5 Å². The van der Waals surface area contributed by atoms with Gasteiger partial charge in [0.15, 0.2) is 11.5 Å². The SMILES string of the molecule is CC[NH2+]Cc1ccc(OCc2ccc(Cl)nc2)c(OC)c1.[Cl-]. The summed E-state index contributed by atoms with van der Waals surface area (Å²) in [7, 11) is 1.65. The Kier molecular flexibility index (Phi) is 8.02. The number of pyridine rings is 1. The zero-order valence-electron chi connectivity index (χ0n) is 12.7. The Labute approximate surface area is 142 Å². The predicted molar refractivity (Wildman–Crippen MR) is 82.7 cm³/mol. The summed E-state index contributed by atoms with van der Waals surface area (Å²) in [5.41, 5.74) is 2.18. The number of nitrogens with zero attached hydrogens (tertiary/aromatic N) is 1. The van der Waals surface area contributed by atoms with Gasteiger partial charge in [-0.2, -0.15) is 0 Å². The first kappa shape index (κ1) is 18.6. The van der Waals surface area contributed by atoms with Crippen LogP contribution in [0.2, 0.25) is 5.15 Å². The molecule has 0 aliphatic heterocycles. The lowest BCUT2D eigenvalue weighted by molar-refractivity contribution is -0.667. The molecule has 2 rings (SSSR count). The molecule has 0 atom stereocenters. The fourth-order valence-electron chi connectivity index (χ4n) is 1.92. The van der Waals surface area contributed by atoms with E-state index in [4.69, 9.17) is 21.1 Å². The maximum Gasteiger partial charge on any atom is 0.161 e. The smallest absolute Gasteiger partial charge is 0.161 e. The third-order valence-corrected chi connectivity index (χ3v) is 3.30. The summed E-state index contributed by atoms with van der Waals surface area (Å²) in [6, 6.07) is 9.67. The second kappa shape index (κ2) is 9.51. The number of hydrogen-bond donors (Lipinski definition) is 1. The standard InChI is InChI=1S/C16H19ClN2O2.ClH/c1-3-18-9-12-4-6-14(15(8-12)20-2)21-11-13-5-7-16(17)19-10-13;/h4-8,10,18H,3,9,11H2,1-2H3;1H. The van der Waals surface area contributed by atoms with Crippen molar-refractivity contribution in [2.45, 2.75) is 20.1 Å². The summed E-state index contributed by atoms with van der Waals surface area (Å²) in [5, 5.41) is 2.71. The van der Waals surface area contributed by atoms with E-state index in [1.165, 1.54) is 5.56 Å². The molecule has 1 aromatic heterocycles. The minimum Gasteiger partial charge on any atom is -1.00 e. The lowest BCUT2D eigenvalue weighted by Gasteiger charge is -2.12. The lowest BCUT2D eigenvalue weighted by atomic mass is 10.2. The van der Waals surface area contributed by atoms with Crippen LogP contribution in [-0.2, 0) is 13.2 Å². The molecule has 0 aliphatic rings. The van der Waals surface area contributed by atoms with Gasteiger partial charge in [0.1, 0.15) is 18.3 Å². The van der Waals surface area contributed by atoms with Gasteiger partial charge in [0, 0.05) is 17.3 Å². The Morgan fingerprint density at radius 3 is 2.55 bits per heavy atom. The van der Waals surface area contributed by atoms with E-state index in [9.17, 15) is 0 Å². The molecule has 6 heteroatoms. The highest BCUT2D eigenvalue weighted by molar-refractivity contribution is 6.29. The van der Waals surface area contributed by atoms with Gasteiger partial charge in [-0.05, 0) is 31.2 Å². The van der Waals surface area contributed by atoms with Crippen LogP contribution in [-0.4, -0.2) is 18.6 Å². The van der Waals surface area contributed by atoms with Crippen molar-refractivity contribution in [1.29, 1.82) is 0 Å². The molecule has 2 aromatic rings. The van der Waals surface area contributed by atoms with E-state index >= 15 is 0 Å². The Bertz CT molecular complexity index is 577. The van der Waals surface area contributed by atoms with Gasteiger partial charge in [0.05, 0.1) is 13.7 Å². The molecule has 120 valence electrons. The summed E-state index contributed by atoms with van der Waals surface area (Å²) >= 11 is 5.76. The number of methoxy groups -OCH3 is 1. The van der Waals surface area contributed by atoms with Crippen LogP contribution in [0.4, 0.5) is 0 Å². The third-order valence-electron chi connectivity index (χ3n) is 3.08. The third kappa shape index (κ3) is 5.37. The van der Waals surface area contributed by atoms with Gasteiger partial charge in [-0.3, -0.25) is 0 Å². The maximum atomic E-state index is 5.80. The van der Waals surface area contributed by atoms with Crippen molar-refractivity contribution in [3.63, 3.8) is 0 Å². The van der Waals surface area contributed by atoms with Crippen molar-refractivity contribution in [3.8, 4) is 11.5 Å². The Balaban J connectivity index is 0.00000242. The molecule has 0 fully saturated rings. The zero-order chi connectivity index (χ0) is 15.1. The zero-order valence-corrected chi connectivity index (χ0v) is 14.2. The van der Waals surface area contributed by atoms with Crippen molar-refractivity contribution >= 4 is 11.6 Å². The van der Waals surface area contributed by atoms with Crippen molar-refractivity contribution in [2.75, 3.05) is 13.7 Å². The van der Waals surface area contributed by atoms with E-state index in [2.05, 4.69) is 23.3 Å².